The van der Waals surface area contributed by atoms with Crippen molar-refractivity contribution in [1.82, 2.24) is 4.72 Å². The summed E-state index contributed by atoms with van der Waals surface area (Å²) in [6.45, 7) is 0. The zero-order valence-electron chi connectivity index (χ0n) is 9.47. The smallest absolute Gasteiger partial charge is 0.208 e. The Morgan fingerprint density at radius 3 is 2.59 bits per heavy atom. The minimum atomic E-state index is -3.36. The van der Waals surface area contributed by atoms with Crippen LogP contribution in [-0.4, -0.2) is 19.8 Å². The Bertz CT molecular complexity index is 461. The topological polar surface area (TPSA) is 46.2 Å². The third kappa shape index (κ3) is 3.09. The van der Waals surface area contributed by atoms with Gasteiger partial charge in [-0.25, -0.2) is 13.1 Å². The molecule has 2 unspecified atom stereocenters. The van der Waals surface area contributed by atoms with Gasteiger partial charge in [0.2, 0.25) is 10.0 Å². The number of benzene rings is 1. The fourth-order valence-corrected chi connectivity index (χ4v) is 4.38. The Morgan fingerprint density at radius 2 is 1.94 bits per heavy atom. The summed E-state index contributed by atoms with van der Waals surface area (Å²) in [4.78, 5) is 0.347. The van der Waals surface area contributed by atoms with Gasteiger partial charge in [0.25, 0.3) is 0 Å². The molecule has 1 aromatic carbocycles. The van der Waals surface area contributed by atoms with Crippen LogP contribution in [0.25, 0.3) is 0 Å². The standard InChI is InChI=1S/C12H16BrNO2S/c13-9-10-5-4-8-12(10)14-17(15,16)11-6-2-1-3-7-11/h1-3,6-7,10,12,14H,4-5,8-9H2. The number of halogens is 1. The van der Waals surface area contributed by atoms with E-state index in [4.69, 9.17) is 0 Å². The van der Waals surface area contributed by atoms with E-state index in [-0.39, 0.29) is 6.04 Å². The molecule has 94 valence electrons. The van der Waals surface area contributed by atoms with E-state index in [1.165, 1.54) is 0 Å². The summed E-state index contributed by atoms with van der Waals surface area (Å²) in [7, 11) is -3.36. The summed E-state index contributed by atoms with van der Waals surface area (Å²) >= 11 is 3.45. The molecule has 1 saturated carbocycles. The first-order chi connectivity index (χ1) is 8.13. The van der Waals surface area contributed by atoms with Crippen LogP contribution < -0.4 is 4.72 Å². The van der Waals surface area contributed by atoms with Crippen LogP contribution in [0.15, 0.2) is 35.2 Å². The van der Waals surface area contributed by atoms with Crippen molar-refractivity contribution in [2.75, 3.05) is 5.33 Å². The molecule has 1 aliphatic carbocycles. The SMILES string of the molecule is O=S(=O)(NC1CCCC1CBr)c1ccccc1. The molecular weight excluding hydrogens is 302 g/mol. The normalized spacial score (nSPS) is 25.0. The van der Waals surface area contributed by atoms with Gasteiger partial charge in [0.15, 0.2) is 0 Å². The average Bonchev–Trinajstić information content (AvgIpc) is 2.77. The maximum atomic E-state index is 12.1. The van der Waals surface area contributed by atoms with Gasteiger partial charge in [-0.1, -0.05) is 40.5 Å². The quantitative estimate of drug-likeness (QED) is 0.867. The molecule has 1 aliphatic rings. The molecule has 0 aromatic heterocycles. The molecular formula is C12H16BrNO2S. The Balaban J connectivity index is 2.13. The lowest BCUT2D eigenvalue weighted by atomic mass is 10.1. The van der Waals surface area contributed by atoms with Gasteiger partial charge >= 0.3 is 0 Å². The van der Waals surface area contributed by atoms with E-state index in [0.29, 0.717) is 10.8 Å². The summed E-state index contributed by atoms with van der Waals surface area (Å²) in [5.74, 6) is 0.411. The van der Waals surface area contributed by atoms with Crippen LogP contribution in [0.4, 0.5) is 0 Å². The van der Waals surface area contributed by atoms with Crippen LogP contribution in [0.1, 0.15) is 19.3 Å². The first-order valence-electron chi connectivity index (χ1n) is 5.77. The van der Waals surface area contributed by atoms with Crippen LogP contribution in [-0.2, 0) is 10.0 Å². The number of sulfonamides is 1. The first kappa shape index (κ1) is 13.1. The molecule has 0 bridgehead atoms. The molecule has 5 heteroatoms. The van der Waals surface area contributed by atoms with Gasteiger partial charge in [0.05, 0.1) is 4.90 Å². The fraction of sp³-hybridized carbons (Fsp3) is 0.500. The first-order valence-corrected chi connectivity index (χ1v) is 8.37. The minimum Gasteiger partial charge on any atom is -0.208 e. The van der Waals surface area contributed by atoms with Gasteiger partial charge < -0.3 is 0 Å². The van der Waals surface area contributed by atoms with E-state index in [1.807, 2.05) is 6.07 Å². The van der Waals surface area contributed by atoms with E-state index < -0.39 is 10.0 Å². The third-order valence-corrected chi connectivity index (χ3v) is 5.55. The van der Waals surface area contributed by atoms with Gasteiger partial charge in [0.1, 0.15) is 0 Å². The molecule has 2 rings (SSSR count). The Hall–Kier alpha value is -0.390. The van der Waals surface area contributed by atoms with Crippen LogP contribution in [0.3, 0.4) is 0 Å². The van der Waals surface area contributed by atoms with Crippen molar-refractivity contribution < 1.29 is 8.42 Å². The summed E-state index contributed by atoms with van der Waals surface area (Å²) < 4.78 is 27.1. The van der Waals surface area contributed by atoms with Crippen molar-refractivity contribution in [1.29, 1.82) is 0 Å². The van der Waals surface area contributed by atoms with Crippen molar-refractivity contribution >= 4 is 26.0 Å². The van der Waals surface area contributed by atoms with Crippen molar-refractivity contribution in [3.05, 3.63) is 30.3 Å². The van der Waals surface area contributed by atoms with Gasteiger partial charge in [-0.05, 0) is 30.9 Å². The Kier molecular flexibility index (Phi) is 4.22. The van der Waals surface area contributed by atoms with E-state index >= 15 is 0 Å². The minimum absolute atomic E-state index is 0.0691. The molecule has 1 aromatic rings. The maximum absolute atomic E-state index is 12.1. The lowest BCUT2D eigenvalue weighted by Crippen LogP contribution is -2.37. The highest BCUT2D eigenvalue weighted by atomic mass is 79.9. The molecule has 3 nitrogen and oxygen atoms in total. The molecule has 0 heterocycles. The predicted octanol–water partition coefficient (Wildman–Crippen LogP) is 2.53. The van der Waals surface area contributed by atoms with Gasteiger partial charge in [-0.3, -0.25) is 0 Å². The molecule has 0 radical (unpaired) electrons. The van der Waals surface area contributed by atoms with Crippen molar-refractivity contribution in [3.63, 3.8) is 0 Å². The van der Waals surface area contributed by atoms with Gasteiger partial charge in [-0.15, -0.1) is 0 Å². The molecule has 0 saturated heterocycles. The second-order valence-corrected chi connectivity index (χ2v) is 6.75. The fourth-order valence-electron chi connectivity index (χ4n) is 2.24. The van der Waals surface area contributed by atoms with E-state index in [0.717, 1.165) is 24.6 Å². The number of hydrogen-bond acceptors (Lipinski definition) is 2. The van der Waals surface area contributed by atoms with Crippen molar-refractivity contribution in [2.24, 2.45) is 5.92 Å². The summed E-state index contributed by atoms with van der Waals surface area (Å²) in [6, 6.07) is 8.62. The summed E-state index contributed by atoms with van der Waals surface area (Å²) in [6.07, 6.45) is 3.12. The molecule has 1 fully saturated rings. The molecule has 17 heavy (non-hydrogen) atoms. The second-order valence-electron chi connectivity index (χ2n) is 4.39. The highest BCUT2D eigenvalue weighted by Gasteiger charge is 2.30. The highest BCUT2D eigenvalue weighted by Crippen LogP contribution is 2.28. The van der Waals surface area contributed by atoms with Crippen molar-refractivity contribution in [3.8, 4) is 0 Å². The van der Waals surface area contributed by atoms with Crippen LogP contribution in [0.5, 0.6) is 0 Å². The van der Waals surface area contributed by atoms with E-state index in [1.54, 1.807) is 24.3 Å². The monoisotopic (exact) mass is 317 g/mol. The molecule has 0 spiro atoms. The number of rotatable bonds is 4. The van der Waals surface area contributed by atoms with Gasteiger partial charge in [0, 0.05) is 11.4 Å². The van der Waals surface area contributed by atoms with Crippen molar-refractivity contribution in [2.45, 2.75) is 30.2 Å². The Morgan fingerprint density at radius 1 is 1.24 bits per heavy atom. The number of hydrogen-bond donors (Lipinski definition) is 1. The van der Waals surface area contributed by atoms with E-state index in [2.05, 4.69) is 20.7 Å². The number of alkyl halides is 1. The second kappa shape index (κ2) is 5.50. The lowest BCUT2D eigenvalue weighted by molar-refractivity contribution is 0.484. The average molecular weight is 318 g/mol. The molecule has 2 atom stereocenters. The lowest BCUT2D eigenvalue weighted by Gasteiger charge is -2.18. The van der Waals surface area contributed by atoms with E-state index in [9.17, 15) is 8.42 Å². The Labute approximate surface area is 111 Å². The zero-order valence-corrected chi connectivity index (χ0v) is 11.9. The molecule has 1 N–H and O–H groups in total. The van der Waals surface area contributed by atoms with Crippen LogP contribution in [0.2, 0.25) is 0 Å². The molecule has 0 aliphatic heterocycles. The van der Waals surface area contributed by atoms with Crippen LogP contribution >= 0.6 is 15.9 Å². The third-order valence-electron chi connectivity index (χ3n) is 3.22. The van der Waals surface area contributed by atoms with Gasteiger partial charge in [-0.2, -0.15) is 0 Å². The molecule has 0 amide bonds. The summed E-state index contributed by atoms with van der Waals surface area (Å²) in [5.41, 5.74) is 0. The largest absolute Gasteiger partial charge is 0.240 e. The zero-order chi connectivity index (χ0) is 12.3. The summed E-state index contributed by atoms with van der Waals surface area (Å²) in [5, 5.41) is 0.856. The maximum Gasteiger partial charge on any atom is 0.240 e. The van der Waals surface area contributed by atoms with Crippen LogP contribution in [0, 0.1) is 5.92 Å². The number of nitrogens with one attached hydrogen (secondary N) is 1. The predicted molar refractivity (Wildman–Crippen MR) is 71.7 cm³/mol. The highest BCUT2D eigenvalue weighted by molar-refractivity contribution is 9.09.